The zero-order valence-electron chi connectivity index (χ0n) is 8.90. The summed E-state index contributed by atoms with van der Waals surface area (Å²) in [6.45, 7) is 0.912. The molecule has 3 rings (SSSR count). The number of para-hydroxylation sites is 1. The Bertz CT molecular complexity index is 446. The van der Waals surface area contributed by atoms with Crippen LogP contribution in [0.4, 0.5) is 5.69 Å². The van der Waals surface area contributed by atoms with E-state index < -0.39 is 5.41 Å². The molecule has 1 fully saturated rings. The van der Waals surface area contributed by atoms with E-state index in [2.05, 4.69) is 5.32 Å². The summed E-state index contributed by atoms with van der Waals surface area (Å²) >= 11 is 0. The fourth-order valence-corrected chi connectivity index (χ4v) is 2.64. The summed E-state index contributed by atoms with van der Waals surface area (Å²) in [6.07, 6.45) is 0.684. The van der Waals surface area contributed by atoms with E-state index in [9.17, 15) is 4.79 Å². The fourth-order valence-electron chi connectivity index (χ4n) is 2.64. The molecule has 4 nitrogen and oxygen atoms in total. The molecule has 2 aliphatic rings. The normalized spacial score (nSPS) is 31.8. The Balaban J connectivity index is 2.05. The number of amides is 1. The minimum atomic E-state index is -0.499. The van der Waals surface area contributed by atoms with Crippen molar-refractivity contribution in [1.29, 1.82) is 0 Å². The van der Waals surface area contributed by atoms with Gasteiger partial charge in [-0.1, -0.05) is 18.2 Å². The molecule has 4 heteroatoms. The monoisotopic (exact) mass is 218 g/mol. The Morgan fingerprint density at radius 1 is 1.50 bits per heavy atom. The van der Waals surface area contributed by atoms with Crippen LogP contribution in [0.1, 0.15) is 12.0 Å². The summed E-state index contributed by atoms with van der Waals surface area (Å²) in [5.74, 6) is 0.0460. The molecule has 0 bridgehead atoms. The van der Waals surface area contributed by atoms with Gasteiger partial charge in [0.2, 0.25) is 5.91 Å². The topological polar surface area (TPSA) is 64.3 Å². The number of ether oxygens (including phenoxy) is 1. The van der Waals surface area contributed by atoms with Gasteiger partial charge in [0.15, 0.2) is 0 Å². The van der Waals surface area contributed by atoms with Gasteiger partial charge in [0.05, 0.1) is 12.7 Å². The maximum absolute atomic E-state index is 12.1. The number of nitrogens with two attached hydrogens (primary N) is 1. The van der Waals surface area contributed by atoms with Crippen molar-refractivity contribution in [2.45, 2.75) is 17.9 Å². The number of hydrogen-bond acceptors (Lipinski definition) is 3. The Hall–Kier alpha value is -1.39. The highest BCUT2D eigenvalue weighted by Gasteiger charge is 2.52. The molecule has 1 amide bonds. The third kappa shape index (κ3) is 1.14. The molecule has 0 aliphatic carbocycles. The van der Waals surface area contributed by atoms with Crippen molar-refractivity contribution < 1.29 is 9.53 Å². The van der Waals surface area contributed by atoms with Crippen molar-refractivity contribution in [2.24, 2.45) is 5.73 Å². The van der Waals surface area contributed by atoms with E-state index in [0.29, 0.717) is 19.6 Å². The van der Waals surface area contributed by atoms with E-state index in [1.54, 1.807) is 0 Å². The number of carbonyl (C=O) groups is 1. The molecule has 16 heavy (non-hydrogen) atoms. The summed E-state index contributed by atoms with van der Waals surface area (Å²) < 4.78 is 5.58. The van der Waals surface area contributed by atoms with Crippen molar-refractivity contribution in [1.82, 2.24) is 0 Å². The molecule has 0 aromatic heterocycles. The van der Waals surface area contributed by atoms with Crippen LogP contribution in [0, 0.1) is 0 Å². The highest BCUT2D eigenvalue weighted by Crippen LogP contribution is 2.44. The third-order valence-electron chi connectivity index (χ3n) is 3.53. The quantitative estimate of drug-likeness (QED) is 0.726. The Morgan fingerprint density at radius 3 is 3.06 bits per heavy atom. The molecule has 0 radical (unpaired) electrons. The van der Waals surface area contributed by atoms with E-state index >= 15 is 0 Å². The third-order valence-corrected chi connectivity index (χ3v) is 3.53. The molecule has 1 aromatic carbocycles. The van der Waals surface area contributed by atoms with Crippen molar-refractivity contribution in [3.8, 4) is 0 Å². The summed E-state index contributed by atoms with van der Waals surface area (Å²) in [5.41, 5.74) is 7.06. The minimum Gasteiger partial charge on any atom is -0.375 e. The van der Waals surface area contributed by atoms with Crippen LogP contribution >= 0.6 is 0 Å². The molecule has 2 heterocycles. The predicted molar refractivity (Wildman–Crippen MR) is 60.2 cm³/mol. The SMILES string of the molecule is NCC1CC2(CO1)C(=O)Nc1ccccc12. The largest absolute Gasteiger partial charge is 0.375 e. The molecular weight excluding hydrogens is 204 g/mol. The predicted octanol–water partition coefficient (Wildman–Crippen LogP) is 0.624. The number of nitrogens with one attached hydrogen (secondary N) is 1. The first-order valence-electron chi connectivity index (χ1n) is 5.49. The van der Waals surface area contributed by atoms with Gasteiger partial charge < -0.3 is 15.8 Å². The van der Waals surface area contributed by atoms with Crippen molar-refractivity contribution in [2.75, 3.05) is 18.5 Å². The van der Waals surface area contributed by atoms with Gasteiger partial charge in [0, 0.05) is 12.2 Å². The van der Waals surface area contributed by atoms with E-state index in [4.69, 9.17) is 10.5 Å². The number of rotatable bonds is 1. The van der Waals surface area contributed by atoms with Gasteiger partial charge in [0.25, 0.3) is 0 Å². The van der Waals surface area contributed by atoms with E-state index in [0.717, 1.165) is 11.3 Å². The first kappa shape index (κ1) is 9.81. The molecular formula is C12H14N2O2. The fraction of sp³-hybridized carbons (Fsp3) is 0.417. The molecule has 0 saturated carbocycles. The molecule has 1 aromatic rings. The highest BCUT2D eigenvalue weighted by atomic mass is 16.5. The van der Waals surface area contributed by atoms with E-state index in [1.807, 2.05) is 24.3 Å². The van der Waals surface area contributed by atoms with Gasteiger partial charge >= 0.3 is 0 Å². The van der Waals surface area contributed by atoms with Gasteiger partial charge in [-0.05, 0) is 18.1 Å². The Labute approximate surface area is 93.8 Å². The van der Waals surface area contributed by atoms with Crippen LogP contribution in [-0.2, 0) is 14.9 Å². The first-order valence-corrected chi connectivity index (χ1v) is 5.49. The van der Waals surface area contributed by atoms with E-state index in [-0.39, 0.29) is 12.0 Å². The number of benzene rings is 1. The van der Waals surface area contributed by atoms with Crippen molar-refractivity contribution >= 4 is 11.6 Å². The summed E-state index contributed by atoms with van der Waals surface area (Å²) in [5, 5.41) is 2.92. The molecule has 2 atom stereocenters. The van der Waals surface area contributed by atoms with Crippen LogP contribution in [0.3, 0.4) is 0 Å². The standard InChI is InChI=1S/C12H14N2O2/c13-6-8-5-12(7-16-8)9-3-1-2-4-10(9)14-11(12)15/h1-4,8H,5-7,13H2,(H,14,15). The Morgan fingerprint density at radius 2 is 2.31 bits per heavy atom. The lowest BCUT2D eigenvalue weighted by molar-refractivity contribution is -0.120. The van der Waals surface area contributed by atoms with Crippen LogP contribution in [0.2, 0.25) is 0 Å². The molecule has 84 valence electrons. The van der Waals surface area contributed by atoms with Crippen molar-refractivity contribution in [3.05, 3.63) is 29.8 Å². The average molecular weight is 218 g/mol. The average Bonchev–Trinajstić information content (AvgIpc) is 2.85. The maximum Gasteiger partial charge on any atom is 0.237 e. The second-order valence-electron chi connectivity index (χ2n) is 4.45. The smallest absolute Gasteiger partial charge is 0.237 e. The van der Waals surface area contributed by atoms with Crippen molar-refractivity contribution in [3.63, 3.8) is 0 Å². The molecule has 2 aliphatic heterocycles. The number of carbonyl (C=O) groups excluding carboxylic acids is 1. The number of fused-ring (bicyclic) bond motifs is 2. The van der Waals surface area contributed by atoms with Gasteiger partial charge in [-0.25, -0.2) is 0 Å². The van der Waals surface area contributed by atoms with Crippen LogP contribution in [0.15, 0.2) is 24.3 Å². The van der Waals surface area contributed by atoms with Gasteiger partial charge in [-0.15, -0.1) is 0 Å². The molecule has 1 spiro atoms. The van der Waals surface area contributed by atoms with Crippen LogP contribution < -0.4 is 11.1 Å². The molecule has 3 N–H and O–H groups in total. The lowest BCUT2D eigenvalue weighted by Gasteiger charge is -2.18. The first-order chi connectivity index (χ1) is 7.76. The van der Waals surface area contributed by atoms with Gasteiger partial charge in [-0.3, -0.25) is 4.79 Å². The molecule has 2 unspecified atom stereocenters. The second-order valence-corrected chi connectivity index (χ2v) is 4.45. The van der Waals surface area contributed by atoms with Crippen LogP contribution in [-0.4, -0.2) is 25.2 Å². The maximum atomic E-state index is 12.1. The van der Waals surface area contributed by atoms with Gasteiger partial charge in [-0.2, -0.15) is 0 Å². The molecule has 1 saturated heterocycles. The summed E-state index contributed by atoms with van der Waals surface area (Å²) in [4.78, 5) is 12.1. The van der Waals surface area contributed by atoms with Crippen LogP contribution in [0.25, 0.3) is 0 Å². The van der Waals surface area contributed by atoms with Crippen LogP contribution in [0.5, 0.6) is 0 Å². The summed E-state index contributed by atoms with van der Waals surface area (Å²) in [6, 6.07) is 7.80. The Kier molecular flexibility index (Phi) is 2.02. The lowest BCUT2D eigenvalue weighted by atomic mass is 9.79. The van der Waals surface area contributed by atoms with E-state index in [1.165, 1.54) is 0 Å². The second kappa shape index (κ2) is 3.30. The lowest BCUT2D eigenvalue weighted by Crippen LogP contribution is -2.35. The zero-order valence-corrected chi connectivity index (χ0v) is 8.90. The summed E-state index contributed by atoms with van der Waals surface area (Å²) in [7, 11) is 0. The minimum absolute atomic E-state index is 0.00286. The zero-order chi connectivity index (χ0) is 11.2. The highest BCUT2D eigenvalue weighted by molar-refractivity contribution is 6.06. The van der Waals surface area contributed by atoms with Gasteiger partial charge in [0.1, 0.15) is 5.41 Å². The number of anilines is 1. The number of hydrogen-bond donors (Lipinski definition) is 2.